The van der Waals surface area contributed by atoms with E-state index in [9.17, 15) is 4.79 Å². The largest absolute Gasteiger partial charge is 0.493 e. The van der Waals surface area contributed by atoms with Crippen LogP contribution >= 0.6 is 0 Å². The van der Waals surface area contributed by atoms with Gasteiger partial charge in [0.05, 0.1) is 19.4 Å². The summed E-state index contributed by atoms with van der Waals surface area (Å²) in [4.78, 5) is 13.1. The second kappa shape index (κ2) is 7.40. The van der Waals surface area contributed by atoms with Gasteiger partial charge in [0, 0.05) is 6.54 Å². The van der Waals surface area contributed by atoms with Crippen LogP contribution in [0.2, 0.25) is 0 Å². The number of carboxylic acids is 1. The maximum absolute atomic E-state index is 10.7. The van der Waals surface area contributed by atoms with Gasteiger partial charge in [-0.05, 0) is 49.2 Å². The van der Waals surface area contributed by atoms with Crippen molar-refractivity contribution < 1.29 is 23.8 Å². The summed E-state index contributed by atoms with van der Waals surface area (Å²) < 4.78 is 16.1. The number of methoxy groups -OCH3 is 1. The van der Waals surface area contributed by atoms with E-state index in [1.54, 1.807) is 6.26 Å². The van der Waals surface area contributed by atoms with Crippen LogP contribution in [0.5, 0.6) is 11.5 Å². The van der Waals surface area contributed by atoms with E-state index < -0.39 is 12.6 Å². The second-order valence-corrected chi connectivity index (χ2v) is 5.81. The minimum Gasteiger partial charge on any atom is -0.493 e. The second-order valence-electron chi connectivity index (χ2n) is 5.81. The molecule has 1 fully saturated rings. The molecule has 6 nitrogen and oxygen atoms in total. The van der Waals surface area contributed by atoms with Crippen molar-refractivity contribution in [3.05, 3.63) is 47.9 Å². The normalized spacial score (nSPS) is 17.8. The quantitative estimate of drug-likeness (QED) is 0.840. The van der Waals surface area contributed by atoms with Crippen LogP contribution in [0.3, 0.4) is 0 Å². The van der Waals surface area contributed by atoms with Gasteiger partial charge in [0.15, 0.2) is 18.1 Å². The van der Waals surface area contributed by atoms with Gasteiger partial charge in [-0.25, -0.2) is 4.79 Å². The molecule has 1 aliphatic rings. The lowest BCUT2D eigenvalue weighted by Crippen LogP contribution is -2.22. The zero-order valence-electron chi connectivity index (χ0n) is 13.6. The SMILES string of the molecule is COc1ccc(CN2CCC[C@@H]2c2ccco2)cc1OCC(=O)O. The predicted molar refractivity (Wildman–Crippen MR) is 87.2 cm³/mol. The molecular weight excluding hydrogens is 310 g/mol. The van der Waals surface area contributed by atoms with Crippen LogP contribution < -0.4 is 9.47 Å². The Morgan fingerprint density at radius 3 is 2.96 bits per heavy atom. The number of hydrogen-bond donors (Lipinski definition) is 1. The summed E-state index contributed by atoms with van der Waals surface area (Å²) in [6.07, 6.45) is 3.91. The number of nitrogens with zero attached hydrogens (tertiary/aromatic N) is 1. The highest BCUT2D eigenvalue weighted by Gasteiger charge is 2.28. The van der Waals surface area contributed by atoms with Crippen molar-refractivity contribution in [3.8, 4) is 11.5 Å². The molecule has 0 radical (unpaired) electrons. The topological polar surface area (TPSA) is 72.1 Å². The number of carbonyl (C=O) groups is 1. The molecule has 1 N–H and O–H groups in total. The van der Waals surface area contributed by atoms with E-state index in [1.807, 2.05) is 30.3 Å². The first-order chi connectivity index (χ1) is 11.7. The molecule has 128 valence electrons. The van der Waals surface area contributed by atoms with E-state index >= 15 is 0 Å². The van der Waals surface area contributed by atoms with Crippen molar-refractivity contribution in [2.24, 2.45) is 0 Å². The first-order valence-corrected chi connectivity index (χ1v) is 7.96. The van der Waals surface area contributed by atoms with Crippen molar-refractivity contribution >= 4 is 5.97 Å². The third kappa shape index (κ3) is 3.71. The van der Waals surface area contributed by atoms with E-state index in [2.05, 4.69) is 4.90 Å². The molecule has 3 rings (SSSR count). The molecule has 0 aliphatic carbocycles. The number of carboxylic acid groups (broad SMARTS) is 1. The lowest BCUT2D eigenvalue weighted by Gasteiger charge is -2.23. The molecule has 1 aromatic heterocycles. The Kier molecular flexibility index (Phi) is 5.05. The summed E-state index contributed by atoms with van der Waals surface area (Å²) in [5.41, 5.74) is 1.05. The fourth-order valence-corrected chi connectivity index (χ4v) is 3.12. The van der Waals surface area contributed by atoms with Crippen LogP contribution in [0.4, 0.5) is 0 Å². The molecule has 24 heavy (non-hydrogen) atoms. The summed E-state index contributed by atoms with van der Waals surface area (Å²) in [7, 11) is 1.54. The van der Waals surface area contributed by atoms with Gasteiger partial charge in [-0.2, -0.15) is 0 Å². The minimum atomic E-state index is -1.01. The summed E-state index contributed by atoms with van der Waals surface area (Å²) in [6.45, 7) is 1.36. The Bertz CT molecular complexity index is 683. The lowest BCUT2D eigenvalue weighted by atomic mass is 10.1. The first kappa shape index (κ1) is 16.4. The fraction of sp³-hybridized carbons (Fsp3) is 0.389. The first-order valence-electron chi connectivity index (χ1n) is 7.96. The number of benzene rings is 1. The molecule has 1 aliphatic heterocycles. The van der Waals surface area contributed by atoms with Crippen LogP contribution in [-0.4, -0.2) is 36.2 Å². The molecular formula is C18H21NO5. The molecule has 6 heteroatoms. The van der Waals surface area contributed by atoms with Gasteiger partial charge in [0.25, 0.3) is 0 Å². The van der Waals surface area contributed by atoms with Crippen molar-refractivity contribution in [2.45, 2.75) is 25.4 Å². The molecule has 0 unspecified atom stereocenters. The van der Waals surface area contributed by atoms with Gasteiger partial charge in [-0.3, -0.25) is 4.90 Å². The number of rotatable bonds is 7. The molecule has 0 spiro atoms. The third-order valence-corrected chi connectivity index (χ3v) is 4.20. The molecule has 0 saturated carbocycles. The summed E-state index contributed by atoms with van der Waals surface area (Å²) in [5, 5.41) is 8.79. The van der Waals surface area contributed by atoms with Crippen molar-refractivity contribution in [1.82, 2.24) is 4.90 Å². The van der Waals surface area contributed by atoms with Crippen LogP contribution in [0.15, 0.2) is 41.0 Å². The number of likely N-dealkylation sites (tertiary alicyclic amines) is 1. The van der Waals surface area contributed by atoms with Gasteiger partial charge in [0.1, 0.15) is 5.76 Å². The van der Waals surface area contributed by atoms with E-state index in [0.717, 1.165) is 37.3 Å². The molecule has 2 heterocycles. The van der Waals surface area contributed by atoms with Crippen molar-refractivity contribution in [3.63, 3.8) is 0 Å². The highest BCUT2D eigenvalue weighted by molar-refractivity contribution is 5.68. The average Bonchev–Trinajstić information content (AvgIpc) is 3.24. The van der Waals surface area contributed by atoms with Crippen LogP contribution in [-0.2, 0) is 11.3 Å². The van der Waals surface area contributed by atoms with Crippen molar-refractivity contribution in [1.29, 1.82) is 0 Å². The Morgan fingerprint density at radius 2 is 2.25 bits per heavy atom. The van der Waals surface area contributed by atoms with Gasteiger partial charge in [0.2, 0.25) is 0 Å². The highest BCUT2D eigenvalue weighted by atomic mass is 16.5. The minimum absolute atomic E-state index is 0.283. The molecule has 0 amide bonds. The third-order valence-electron chi connectivity index (χ3n) is 4.20. The smallest absolute Gasteiger partial charge is 0.341 e. The molecule has 2 aromatic rings. The fourth-order valence-electron chi connectivity index (χ4n) is 3.12. The van der Waals surface area contributed by atoms with Crippen molar-refractivity contribution in [2.75, 3.05) is 20.3 Å². The Balaban J connectivity index is 1.74. The van der Waals surface area contributed by atoms with Crippen LogP contribution in [0.25, 0.3) is 0 Å². The van der Waals surface area contributed by atoms with Crippen LogP contribution in [0, 0.1) is 0 Å². The highest BCUT2D eigenvalue weighted by Crippen LogP contribution is 2.35. The molecule has 1 aromatic carbocycles. The molecule has 0 bridgehead atoms. The van der Waals surface area contributed by atoms with E-state index in [-0.39, 0.29) is 6.04 Å². The maximum Gasteiger partial charge on any atom is 0.341 e. The molecule has 1 atom stereocenters. The zero-order chi connectivity index (χ0) is 16.9. The summed E-state index contributed by atoms with van der Waals surface area (Å²) in [5.74, 6) is 0.957. The van der Waals surface area contributed by atoms with E-state index in [0.29, 0.717) is 11.5 Å². The van der Waals surface area contributed by atoms with E-state index in [4.69, 9.17) is 19.0 Å². The summed E-state index contributed by atoms with van der Waals surface area (Å²) in [6, 6.07) is 9.84. The number of aliphatic carboxylic acids is 1. The zero-order valence-corrected chi connectivity index (χ0v) is 13.6. The standard InChI is InChI=1S/C18H21NO5/c1-22-16-7-6-13(10-17(16)24-12-18(20)21)11-19-8-2-4-14(19)15-5-3-9-23-15/h3,5-7,9-10,14H,2,4,8,11-12H2,1H3,(H,20,21)/t14-/m1/s1. The average molecular weight is 331 g/mol. The Morgan fingerprint density at radius 1 is 1.38 bits per heavy atom. The monoisotopic (exact) mass is 331 g/mol. The number of ether oxygens (including phenoxy) is 2. The number of hydrogen-bond acceptors (Lipinski definition) is 5. The van der Waals surface area contributed by atoms with Gasteiger partial charge in [-0.15, -0.1) is 0 Å². The molecule has 1 saturated heterocycles. The Labute approximate surface area is 140 Å². The van der Waals surface area contributed by atoms with E-state index in [1.165, 1.54) is 7.11 Å². The maximum atomic E-state index is 10.7. The predicted octanol–water partition coefficient (Wildman–Crippen LogP) is 3.09. The van der Waals surface area contributed by atoms with Crippen LogP contribution in [0.1, 0.15) is 30.2 Å². The van der Waals surface area contributed by atoms with Gasteiger partial charge < -0.3 is 19.0 Å². The summed E-state index contributed by atoms with van der Waals surface area (Å²) >= 11 is 0. The number of furan rings is 1. The Hall–Kier alpha value is -2.47. The lowest BCUT2D eigenvalue weighted by molar-refractivity contribution is -0.139. The van der Waals surface area contributed by atoms with Gasteiger partial charge >= 0.3 is 5.97 Å². The van der Waals surface area contributed by atoms with Gasteiger partial charge in [-0.1, -0.05) is 6.07 Å².